The molecule has 0 radical (unpaired) electrons. The van der Waals surface area contributed by atoms with Gasteiger partial charge in [-0.1, -0.05) is 22.9 Å². The van der Waals surface area contributed by atoms with Crippen LogP contribution < -0.4 is 0 Å². The van der Waals surface area contributed by atoms with Crippen LogP contribution in [0.25, 0.3) is 15.3 Å². The van der Waals surface area contributed by atoms with Crippen LogP contribution in [0.1, 0.15) is 23.1 Å². The molecule has 0 atom stereocenters. The lowest BCUT2D eigenvalue weighted by molar-refractivity contribution is 0.0515. The maximum Gasteiger partial charge on any atom is 0.357 e. The summed E-state index contributed by atoms with van der Waals surface area (Å²) in [5.41, 5.74) is 1.93. The van der Waals surface area contributed by atoms with Crippen LogP contribution in [0.5, 0.6) is 0 Å². The number of hydrogen-bond donors (Lipinski definition) is 0. The first-order valence-electron chi connectivity index (χ1n) is 6.38. The fraction of sp³-hybridized carbons (Fsp3) is 0.214. The molecule has 0 unspecified atom stereocenters. The standard InChI is InChI=1S/C14H12ClN3O2S/c1-3-20-13(19)11-6-8(2)17-18(11)14-16-10-5-4-9(15)7-12(10)21-14/h4-7H,3H2,1-2H3. The molecule has 0 amide bonds. The molecule has 3 rings (SSSR count). The molecule has 1 aromatic carbocycles. The number of carbonyl (C=O) groups is 1. The predicted octanol–water partition coefficient (Wildman–Crippen LogP) is 3.62. The molecule has 0 fully saturated rings. The van der Waals surface area contributed by atoms with Crippen molar-refractivity contribution in [2.45, 2.75) is 13.8 Å². The maximum atomic E-state index is 12.0. The maximum absolute atomic E-state index is 12.0. The Balaban J connectivity index is 2.11. The van der Waals surface area contributed by atoms with E-state index in [2.05, 4.69) is 10.1 Å². The zero-order chi connectivity index (χ0) is 15.0. The van der Waals surface area contributed by atoms with Crippen molar-refractivity contribution in [3.63, 3.8) is 0 Å². The molecule has 0 aliphatic heterocycles. The van der Waals surface area contributed by atoms with Gasteiger partial charge in [0, 0.05) is 5.02 Å². The SMILES string of the molecule is CCOC(=O)c1cc(C)nn1-c1nc2ccc(Cl)cc2s1. The first-order valence-corrected chi connectivity index (χ1v) is 7.58. The Hall–Kier alpha value is -1.92. The highest BCUT2D eigenvalue weighted by Gasteiger charge is 2.18. The molecule has 0 spiro atoms. The van der Waals surface area contributed by atoms with Crippen molar-refractivity contribution in [2.24, 2.45) is 0 Å². The largest absolute Gasteiger partial charge is 0.461 e. The van der Waals surface area contributed by atoms with Crippen molar-refractivity contribution in [2.75, 3.05) is 6.61 Å². The van der Waals surface area contributed by atoms with Gasteiger partial charge in [0.15, 0.2) is 5.69 Å². The number of fused-ring (bicyclic) bond motifs is 1. The quantitative estimate of drug-likeness (QED) is 0.691. The highest BCUT2D eigenvalue weighted by Crippen LogP contribution is 2.28. The Bertz CT molecular complexity index is 825. The van der Waals surface area contributed by atoms with Crippen molar-refractivity contribution >= 4 is 39.1 Å². The lowest BCUT2D eigenvalue weighted by atomic mass is 10.3. The lowest BCUT2D eigenvalue weighted by Crippen LogP contribution is -2.11. The van der Waals surface area contributed by atoms with Crippen LogP contribution in [0.15, 0.2) is 24.3 Å². The number of halogens is 1. The fourth-order valence-electron chi connectivity index (χ4n) is 1.97. The fourth-order valence-corrected chi connectivity index (χ4v) is 3.18. The Morgan fingerprint density at radius 2 is 2.24 bits per heavy atom. The number of benzene rings is 1. The number of esters is 1. The summed E-state index contributed by atoms with van der Waals surface area (Å²) in [6, 6.07) is 7.17. The molecule has 0 bridgehead atoms. The van der Waals surface area contributed by atoms with Crippen LogP contribution in [0, 0.1) is 6.92 Å². The molecule has 7 heteroatoms. The monoisotopic (exact) mass is 321 g/mol. The third-order valence-corrected chi connectivity index (χ3v) is 4.07. The van der Waals surface area contributed by atoms with E-state index in [1.807, 2.05) is 19.1 Å². The summed E-state index contributed by atoms with van der Waals surface area (Å²) in [4.78, 5) is 16.5. The number of carbonyl (C=O) groups excluding carboxylic acids is 1. The molecule has 0 aliphatic rings. The zero-order valence-corrected chi connectivity index (χ0v) is 13.0. The molecule has 0 saturated carbocycles. The second-order valence-corrected chi connectivity index (χ2v) is 5.86. The van der Waals surface area contributed by atoms with Crippen LogP contribution in [0.3, 0.4) is 0 Å². The van der Waals surface area contributed by atoms with E-state index < -0.39 is 5.97 Å². The molecule has 0 saturated heterocycles. The summed E-state index contributed by atoms with van der Waals surface area (Å²) in [6.07, 6.45) is 0. The van der Waals surface area contributed by atoms with Gasteiger partial charge in [0.2, 0.25) is 5.13 Å². The zero-order valence-electron chi connectivity index (χ0n) is 11.5. The predicted molar refractivity (Wildman–Crippen MR) is 82.4 cm³/mol. The van der Waals surface area contributed by atoms with E-state index in [0.29, 0.717) is 22.5 Å². The van der Waals surface area contributed by atoms with Crippen LogP contribution in [0.4, 0.5) is 0 Å². The Morgan fingerprint density at radius 3 is 3.00 bits per heavy atom. The van der Waals surface area contributed by atoms with E-state index in [9.17, 15) is 4.79 Å². The van der Waals surface area contributed by atoms with Crippen molar-refractivity contribution in [1.82, 2.24) is 14.8 Å². The number of thiazole rings is 1. The van der Waals surface area contributed by atoms with E-state index in [0.717, 1.165) is 15.9 Å². The topological polar surface area (TPSA) is 57.0 Å². The molecule has 0 N–H and O–H groups in total. The Kier molecular flexibility index (Phi) is 3.65. The Labute approximate surface area is 130 Å². The van der Waals surface area contributed by atoms with Gasteiger partial charge in [0.25, 0.3) is 0 Å². The number of aromatic nitrogens is 3. The third kappa shape index (κ3) is 2.64. The first-order chi connectivity index (χ1) is 10.1. The van der Waals surface area contributed by atoms with Gasteiger partial charge < -0.3 is 4.74 Å². The summed E-state index contributed by atoms with van der Waals surface area (Å²) in [5.74, 6) is -0.407. The van der Waals surface area contributed by atoms with Gasteiger partial charge in [0.05, 0.1) is 22.5 Å². The number of rotatable bonds is 3. The lowest BCUT2D eigenvalue weighted by Gasteiger charge is -2.02. The van der Waals surface area contributed by atoms with Gasteiger partial charge in [-0.3, -0.25) is 0 Å². The van der Waals surface area contributed by atoms with Crippen molar-refractivity contribution < 1.29 is 9.53 Å². The summed E-state index contributed by atoms with van der Waals surface area (Å²) in [5, 5.41) is 5.60. The second kappa shape index (κ2) is 5.46. The van der Waals surface area contributed by atoms with Crippen molar-refractivity contribution in [3.8, 4) is 5.13 Å². The van der Waals surface area contributed by atoms with Gasteiger partial charge >= 0.3 is 5.97 Å². The van der Waals surface area contributed by atoms with Crippen molar-refractivity contribution in [1.29, 1.82) is 0 Å². The molecule has 108 valence electrons. The van der Waals surface area contributed by atoms with E-state index in [1.54, 1.807) is 19.1 Å². The van der Waals surface area contributed by atoms with Crippen LogP contribution >= 0.6 is 22.9 Å². The molecule has 2 heterocycles. The number of nitrogens with zero attached hydrogens (tertiary/aromatic N) is 3. The Morgan fingerprint density at radius 1 is 1.43 bits per heavy atom. The van der Waals surface area contributed by atoms with Crippen LogP contribution in [-0.4, -0.2) is 27.3 Å². The highest BCUT2D eigenvalue weighted by atomic mass is 35.5. The minimum atomic E-state index is -0.407. The molecule has 2 aromatic heterocycles. The van der Waals surface area contributed by atoms with Gasteiger partial charge in [-0.25, -0.2) is 9.78 Å². The minimum absolute atomic E-state index is 0.318. The molecule has 5 nitrogen and oxygen atoms in total. The first kappa shape index (κ1) is 14.0. The van der Waals surface area contributed by atoms with Gasteiger partial charge in [0.1, 0.15) is 0 Å². The molecular weight excluding hydrogens is 310 g/mol. The van der Waals surface area contributed by atoms with Crippen LogP contribution in [0.2, 0.25) is 5.02 Å². The van der Waals surface area contributed by atoms with E-state index in [1.165, 1.54) is 16.0 Å². The summed E-state index contributed by atoms with van der Waals surface area (Å²) < 4.78 is 7.52. The summed E-state index contributed by atoms with van der Waals surface area (Å²) >= 11 is 7.41. The van der Waals surface area contributed by atoms with Crippen molar-refractivity contribution in [3.05, 3.63) is 40.7 Å². The van der Waals surface area contributed by atoms with Gasteiger partial charge in [-0.05, 0) is 38.1 Å². The van der Waals surface area contributed by atoms with E-state index in [-0.39, 0.29) is 0 Å². The molecule has 3 aromatic rings. The minimum Gasteiger partial charge on any atom is -0.461 e. The molecule has 21 heavy (non-hydrogen) atoms. The highest BCUT2D eigenvalue weighted by molar-refractivity contribution is 7.20. The molecule has 0 aliphatic carbocycles. The van der Waals surface area contributed by atoms with E-state index in [4.69, 9.17) is 16.3 Å². The van der Waals surface area contributed by atoms with E-state index >= 15 is 0 Å². The number of ether oxygens (including phenoxy) is 1. The number of hydrogen-bond acceptors (Lipinski definition) is 5. The average molecular weight is 322 g/mol. The third-order valence-electron chi connectivity index (χ3n) is 2.84. The van der Waals surface area contributed by atoms with Crippen LogP contribution in [-0.2, 0) is 4.74 Å². The second-order valence-electron chi connectivity index (χ2n) is 4.41. The summed E-state index contributed by atoms with van der Waals surface area (Å²) in [7, 11) is 0. The normalized spacial score (nSPS) is 11.0. The van der Waals surface area contributed by atoms with Gasteiger partial charge in [-0.15, -0.1) is 0 Å². The average Bonchev–Trinajstić information content (AvgIpc) is 3.01. The summed E-state index contributed by atoms with van der Waals surface area (Å²) in [6.45, 7) is 3.91. The number of aryl methyl sites for hydroxylation is 1. The van der Waals surface area contributed by atoms with Gasteiger partial charge in [-0.2, -0.15) is 9.78 Å². The smallest absolute Gasteiger partial charge is 0.357 e. The molecular formula is C14H12ClN3O2S.